The van der Waals surface area contributed by atoms with Crippen molar-refractivity contribution in [3.05, 3.63) is 69.8 Å². The van der Waals surface area contributed by atoms with E-state index in [9.17, 15) is 18.0 Å². The number of esters is 1. The van der Waals surface area contributed by atoms with Crippen molar-refractivity contribution in [2.75, 3.05) is 7.11 Å². The van der Waals surface area contributed by atoms with Crippen molar-refractivity contribution >= 4 is 23.6 Å². The van der Waals surface area contributed by atoms with Crippen molar-refractivity contribution in [3.63, 3.8) is 0 Å². The second-order valence-electron chi connectivity index (χ2n) is 5.77. The number of benzene rings is 2. The van der Waals surface area contributed by atoms with Gasteiger partial charge in [-0.15, -0.1) is 0 Å². The lowest BCUT2D eigenvalue weighted by Crippen LogP contribution is -2.40. The van der Waals surface area contributed by atoms with Gasteiger partial charge < -0.3 is 9.47 Å². The number of carbonyl (C=O) groups is 1. The molecule has 1 aliphatic rings. The lowest BCUT2D eigenvalue weighted by Gasteiger charge is -2.28. The molecule has 26 heavy (non-hydrogen) atoms. The molecule has 2 aromatic rings. The molecular weight excluding hydrogens is 369 g/mol. The third kappa shape index (κ3) is 3.70. The minimum atomic E-state index is -4.75. The van der Waals surface area contributed by atoms with Crippen LogP contribution in [0.2, 0.25) is 5.02 Å². The predicted octanol–water partition coefficient (Wildman–Crippen LogP) is 4.81. The number of carbonyl (C=O) groups excluding carboxylic acids is 1. The van der Waals surface area contributed by atoms with E-state index in [2.05, 4.69) is 4.74 Å². The topological polar surface area (TPSA) is 35.5 Å². The molecule has 1 atom stereocenters. The molecule has 2 aromatic carbocycles. The second-order valence-corrected chi connectivity index (χ2v) is 6.18. The van der Waals surface area contributed by atoms with Crippen LogP contribution in [0.5, 0.6) is 5.75 Å². The fraction of sp³-hybridized carbons (Fsp3) is 0.211. The third-order valence-corrected chi connectivity index (χ3v) is 4.32. The average molecular weight is 383 g/mol. The van der Waals surface area contributed by atoms with E-state index in [0.29, 0.717) is 22.6 Å². The van der Waals surface area contributed by atoms with E-state index in [1.165, 1.54) is 12.1 Å². The van der Waals surface area contributed by atoms with Gasteiger partial charge in [-0.05, 0) is 35.8 Å². The first-order valence-electron chi connectivity index (χ1n) is 7.69. The van der Waals surface area contributed by atoms with Gasteiger partial charge in [-0.25, -0.2) is 4.79 Å². The first-order valence-corrected chi connectivity index (χ1v) is 8.07. The zero-order chi connectivity index (χ0) is 18.9. The Morgan fingerprint density at radius 2 is 1.92 bits per heavy atom. The molecule has 1 aliphatic heterocycles. The summed E-state index contributed by atoms with van der Waals surface area (Å²) in [4.78, 5) is 11.7. The molecule has 0 aliphatic carbocycles. The summed E-state index contributed by atoms with van der Waals surface area (Å²) in [5, 5.41) is 0.377. The van der Waals surface area contributed by atoms with Crippen molar-refractivity contribution in [1.82, 2.24) is 0 Å². The summed E-state index contributed by atoms with van der Waals surface area (Å²) in [6.45, 7) is 0. The Morgan fingerprint density at radius 3 is 2.54 bits per heavy atom. The van der Waals surface area contributed by atoms with E-state index in [0.717, 1.165) is 18.7 Å². The molecule has 0 saturated carbocycles. The van der Waals surface area contributed by atoms with E-state index in [-0.39, 0.29) is 5.75 Å². The van der Waals surface area contributed by atoms with E-state index in [1.807, 2.05) is 30.3 Å². The van der Waals surface area contributed by atoms with Crippen molar-refractivity contribution in [2.24, 2.45) is 0 Å². The lowest BCUT2D eigenvalue weighted by molar-refractivity contribution is -0.187. The fourth-order valence-electron chi connectivity index (χ4n) is 2.74. The Hall–Kier alpha value is -2.47. The van der Waals surface area contributed by atoms with Crippen LogP contribution >= 0.6 is 11.6 Å². The average Bonchev–Trinajstić information content (AvgIpc) is 2.61. The Bertz CT molecular complexity index is 860. The van der Waals surface area contributed by atoms with Crippen molar-refractivity contribution in [3.8, 4) is 5.75 Å². The lowest BCUT2D eigenvalue weighted by atomic mass is 9.97. The van der Waals surface area contributed by atoms with Crippen LogP contribution in [0.3, 0.4) is 0 Å². The SMILES string of the molecule is COC(=O)C1=Cc2cc(Cl)c(Cc3ccccc3)cc2O[C@@H]1C(F)(F)F. The van der Waals surface area contributed by atoms with Crippen molar-refractivity contribution in [2.45, 2.75) is 18.7 Å². The highest BCUT2D eigenvalue weighted by atomic mass is 35.5. The first kappa shape index (κ1) is 18.3. The largest absolute Gasteiger partial charge is 0.475 e. The molecule has 0 fully saturated rings. The Balaban J connectivity index is 2.02. The number of rotatable bonds is 3. The minimum Gasteiger partial charge on any atom is -0.475 e. The Kier molecular flexibility index (Phi) is 4.96. The number of ether oxygens (including phenoxy) is 2. The Morgan fingerprint density at radius 1 is 1.23 bits per heavy atom. The number of hydrogen-bond acceptors (Lipinski definition) is 3. The van der Waals surface area contributed by atoms with Crippen molar-refractivity contribution in [1.29, 1.82) is 0 Å². The van der Waals surface area contributed by atoms with E-state index < -0.39 is 23.8 Å². The van der Waals surface area contributed by atoms with Gasteiger partial charge in [0.2, 0.25) is 6.10 Å². The molecule has 3 rings (SSSR count). The van der Waals surface area contributed by atoms with Crippen LogP contribution in [0.1, 0.15) is 16.7 Å². The maximum Gasteiger partial charge on any atom is 0.430 e. The van der Waals surface area contributed by atoms with Crippen LogP contribution in [-0.4, -0.2) is 25.4 Å². The number of fused-ring (bicyclic) bond motifs is 1. The highest BCUT2D eigenvalue weighted by Gasteiger charge is 2.48. The molecule has 0 N–H and O–H groups in total. The summed E-state index contributed by atoms with van der Waals surface area (Å²) in [5.74, 6) is -1.07. The van der Waals surface area contributed by atoms with Gasteiger partial charge in [0.25, 0.3) is 0 Å². The van der Waals surface area contributed by atoms with Crippen LogP contribution < -0.4 is 4.74 Å². The molecule has 0 radical (unpaired) electrons. The molecule has 0 bridgehead atoms. The predicted molar refractivity (Wildman–Crippen MR) is 91.2 cm³/mol. The van der Waals surface area contributed by atoms with Crippen LogP contribution in [-0.2, 0) is 16.0 Å². The highest BCUT2D eigenvalue weighted by Crippen LogP contribution is 2.40. The third-order valence-electron chi connectivity index (χ3n) is 3.97. The maximum atomic E-state index is 13.3. The van der Waals surface area contributed by atoms with Crippen LogP contribution in [0, 0.1) is 0 Å². The summed E-state index contributed by atoms with van der Waals surface area (Å²) in [6, 6.07) is 12.4. The zero-order valence-corrected chi connectivity index (χ0v) is 14.4. The van der Waals surface area contributed by atoms with E-state index >= 15 is 0 Å². The fourth-order valence-corrected chi connectivity index (χ4v) is 2.98. The molecule has 3 nitrogen and oxygen atoms in total. The summed E-state index contributed by atoms with van der Waals surface area (Å²) < 4.78 is 49.5. The summed E-state index contributed by atoms with van der Waals surface area (Å²) in [6.07, 6.45) is -5.58. The van der Waals surface area contributed by atoms with Gasteiger partial charge in [-0.2, -0.15) is 13.2 Å². The van der Waals surface area contributed by atoms with Gasteiger partial charge in [-0.1, -0.05) is 41.9 Å². The summed E-state index contributed by atoms with van der Waals surface area (Å²) in [7, 11) is 1.02. The quantitative estimate of drug-likeness (QED) is 0.715. The normalized spacial score (nSPS) is 16.3. The van der Waals surface area contributed by atoms with Gasteiger partial charge in [0.15, 0.2) is 0 Å². The van der Waals surface area contributed by atoms with Crippen LogP contribution in [0.15, 0.2) is 48.0 Å². The summed E-state index contributed by atoms with van der Waals surface area (Å²) >= 11 is 6.28. The van der Waals surface area contributed by atoms with Gasteiger partial charge in [0, 0.05) is 10.6 Å². The van der Waals surface area contributed by atoms with Gasteiger partial charge in [0.05, 0.1) is 12.7 Å². The molecule has 0 unspecified atom stereocenters. The number of hydrogen-bond donors (Lipinski definition) is 0. The standard InChI is InChI=1S/C19H14ClF3O3/c1-25-18(24)14-8-13-9-15(20)12(7-11-5-3-2-4-6-11)10-16(13)26-17(14)19(21,22)23/h2-6,8-10,17H,7H2,1H3/t17-/m0/s1. The smallest absolute Gasteiger partial charge is 0.430 e. The molecular formula is C19H14ClF3O3. The Labute approximate surface area is 153 Å². The minimum absolute atomic E-state index is 0.0234. The molecule has 1 heterocycles. The molecule has 136 valence electrons. The van der Waals surface area contributed by atoms with Crippen LogP contribution in [0.25, 0.3) is 6.08 Å². The van der Waals surface area contributed by atoms with Crippen LogP contribution in [0.4, 0.5) is 13.2 Å². The monoisotopic (exact) mass is 382 g/mol. The highest BCUT2D eigenvalue weighted by molar-refractivity contribution is 6.31. The maximum absolute atomic E-state index is 13.3. The molecule has 7 heteroatoms. The van der Waals surface area contributed by atoms with Crippen molar-refractivity contribution < 1.29 is 27.4 Å². The number of alkyl halides is 3. The molecule has 0 amide bonds. The van der Waals surface area contributed by atoms with Gasteiger partial charge in [-0.3, -0.25) is 0 Å². The molecule has 0 spiro atoms. The first-order chi connectivity index (χ1) is 12.3. The van der Waals surface area contributed by atoms with E-state index in [1.54, 1.807) is 0 Å². The summed E-state index contributed by atoms with van der Waals surface area (Å²) in [5.41, 5.74) is 1.28. The van der Waals surface area contributed by atoms with E-state index in [4.69, 9.17) is 16.3 Å². The zero-order valence-electron chi connectivity index (χ0n) is 13.6. The number of methoxy groups -OCH3 is 1. The van der Waals surface area contributed by atoms with Gasteiger partial charge >= 0.3 is 12.1 Å². The number of halogens is 4. The molecule has 0 aromatic heterocycles. The van der Waals surface area contributed by atoms with Gasteiger partial charge in [0.1, 0.15) is 5.75 Å². The molecule has 0 saturated heterocycles. The second kappa shape index (κ2) is 7.03.